The van der Waals surface area contributed by atoms with Gasteiger partial charge in [-0.25, -0.2) is 0 Å². The van der Waals surface area contributed by atoms with Gasteiger partial charge in [-0.1, -0.05) is 25.0 Å². The van der Waals surface area contributed by atoms with E-state index in [2.05, 4.69) is 32.9 Å². The van der Waals surface area contributed by atoms with Crippen LogP contribution in [0.5, 0.6) is 0 Å². The number of rotatable bonds is 8. The van der Waals surface area contributed by atoms with Crippen LogP contribution in [0.2, 0.25) is 0 Å². The summed E-state index contributed by atoms with van der Waals surface area (Å²) >= 11 is 0. The largest absolute Gasteiger partial charge is 0.379 e. The fourth-order valence-electron chi connectivity index (χ4n) is 1.41. The van der Waals surface area contributed by atoms with Crippen molar-refractivity contribution in [3.8, 4) is 0 Å². The molecule has 1 unspecified atom stereocenters. The second-order valence-electron chi connectivity index (χ2n) is 3.47. The van der Waals surface area contributed by atoms with Crippen molar-refractivity contribution in [3.05, 3.63) is 12.2 Å². The molecular weight excluding hydrogens is 160 g/mol. The van der Waals surface area contributed by atoms with Crippen molar-refractivity contribution in [2.24, 2.45) is 0 Å². The highest BCUT2D eigenvalue weighted by atomic mass is 16.5. The zero-order chi connectivity index (χ0) is 9.94. The van der Waals surface area contributed by atoms with Crippen molar-refractivity contribution in [2.75, 3.05) is 6.61 Å². The van der Waals surface area contributed by atoms with E-state index in [1.807, 2.05) is 0 Å². The third-order valence-corrected chi connectivity index (χ3v) is 2.17. The Labute approximate surface area is 83.2 Å². The number of unbranched alkanes of at least 4 members (excludes halogenated alkanes) is 3. The van der Waals surface area contributed by atoms with Crippen LogP contribution in [0.3, 0.4) is 0 Å². The van der Waals surface area contributed by atoms with Gasteiger partial charge in [0.05, 0.1) is 6.10 Å². The van der Waals surface area contributed by atoms with Crippen molar-refractivity contribution >= 4 is 0 Å². The Morgan fingerprint density at radius 1 is 1.23 bits per heavy atom. The van der Waals surface area contributed by atoms with E-state index in [1.54, 1.807) is 0 Å². The fourth-order valence-corrected chi connectivity index (χ4v) is 1.41. The van der Waals surface area contributed by atoms with Crippen molar-refractivity contribution in [1.82, 2.24) is 0 Å². The summed E-state index contributed by atoms with van der Waals surface area (Å²) < 4.78 is 5.46. The maximum absolute atomic E-state index is 5.46. The topological polar surface area (TPSA) is 9.23 Å². The third-order valence-electron chi connectivity index (χ3n) is 2.17. The zero-order valence-corrected chi connectivity index (χ0v) is 9.38. The lowest BCUT2D eigenvalue weighted by Gasteiger charge is -2.10. The van der Waals surface area contributed by atoms with Crippen LogP contribution in [0, 0.1) is 0 Å². The van der Waals surface area contributed by atoms with Crippen LogP contribution < -0.4 is 0 Å². The van der Waals surface area contributed by atoms with E-state index < -0.39 is 0 Å². The van der Waals surface area contributed by atoms with E-state index in [4.69, 9.17) is 4.74 Å². The van der Waals surface area contributed by atoms with Crippen molar-refractivity contribution in [3.63, 3.8) is 0 Å². The summed E-state index contributed by atoms with van der Waals surface area (Å²) in [4.78, 5) is 0. The highest BCUT2D eigenvalue weighted by Crippen LogP contribution is 2.08. The number of allylic oxidation sites excluding steroid dienone is 2. The Balaban J connectivity index is 3.06. The molecule has 0 saturated carbocycles. The molecule has 0 saturated heterocycles. The molecule has 1 atom stereocenters. The Kier molecular flexibility index (Phi) is 9.56. The van der Waals surface area contributed by atoms with Crippen molar-refractivity contribution < 1.29 is 4.74 Å². The van der Waals surface area contributed by atoms with Gasteiger partial charge in [0.1, 0.15) is 0 Å². The maximum Gasteiger partial charge on any atom is 0.0546 e. The van der Waals surface area contributed by atoms with E-state index >= 15 is 0 Å². The molecule has 1 nitrogen and oxygen atoms in total. The van der Waals surface area contributed by atoms with Crippen molar-refractivity contribution in [1.29, 1.82) is 0 Å². The molecule has 0 spiro atoms. The summed E-state index contributed by atoms with van der Waals surface area (Å²) in [6, 6.07) is 0. The zero-order valence-electron chi connectivity index (χ0n) is 9.38. The monoisotopic (exact) mass is 184 g/mol. The Morgan fingerprint density at radius 2 is 2.00 bits per heavy atom. The van der Waals surface area contributed by atoms with Crippen LogP contribution >= 0.6 is 0 Å². The third kappa shape index (κ3) is 9.62. The van der Waals surface area contributed by atoms with Gasteiger partial charge in [0.15, 0.2) is 0 Å². The average Bonchev–Trinajstić information content (AvgIpc) is 2.11. The predicted octanol–water partition coefficient (Wildman–Crippen LogP) is 3.94. The van der Waals surface area contributed by atoms with E-state index in [1.165, 1.54) is 32.1 Å². The molecule has 0 fully saturated rings. The summed E-state index contributed by atoms with van der Waals surface area (Å²) in [7, 11) is 0. The molecule has 0 aromatic heterocycles. The molecule has 0 heterocycles. The molecule has 13 heavy (non-hydrogen) atoms. The second kappa shape index (κ2) is 9.79. The predicted molar refractivity (Wildman–Crippen MR) is 59.0 cm³/mol. The molecule has 0 bridgehead atoms. The number of ether oxygens (including phenoxy) is 1. The van der Waals surface area contributed by atoms with Gasteiger partial charge in [-0.05, 0) is 40.0 Å². The lowest BCUT2D eigenvalue weighted by Crippen LogP contribution is -2.07. The summed E-state index contributed by atoms with van der Waals surface area (Å²) in [6.45, 7) is 7.15. The van der Waals surface area contributed by atoms with Crippen LogP contribution in [0.25, 0.3) is 0 Å². The van der Waals surface area contributed by atoms with E-state index in [9.17, 15) is 0 Å². The lowest BCUT2D eigenvalue weighted by atomic mass is 10.1. The molecule has 0 aromatic carbocycles. The highest BCUT2D eigenvalue weighted by Gasteiger charge is 1.99. The minimum atomic E-state index is 0.451. The first-order valence-electron chi connectivity index (χ1n) is 5.54. The smallest absolute Gasteiger partial charge is 0.0546 e. The molecule has 0 aliphatic rings. The quantitative estimate of drug-likeness (QED) is 0.410. The Bertz CT molecular complexity index is 118. The average molecular weight is 184 g/mol. The minimum absolute atomic E-state index is 0.451. The standard InChI is InChI=1S/C12H24O/c1-4-6-7-8-9-10-11-12(3)13-5-2/h4,6,12H,5,7-11H2,1-3H3. The summed E-state index contributed by atoms with van der Waals surface area (Å²) in [6.07, 6.45) is 11.2. The first-order chi connectivity index (χ1) is 6.31. The highest BCUT2D eigenvalue weighted by molar-refractivity contribution is 4.76. The van der Waals surface area contributed by atoms with Crippen LogP contribution in [-0.2, 0) is 4.74 Å². The SMILES string of the molecule is CC=CCCCCCC(C)OCC. The van der Waals surface area contributed by atoms with Gasteiger partial charge in [0.25, 0.3) is 0 Å². The van der Waals surface area contributed by atoms with Gasteiger partial charge < -0.3 is 4.74 Å². The maximum atomic E-state index is 5.46. The van der Waals surface area contributed by atoms with Gasteiger partial charge in [0, 0.05) is 6.61 Å². The Morgan fingerprint density at radius 3 is 2.62 bits per heavy atom. The lowest BCUT2D eigenvalue weighted by molar-refractivity contribution is 0.0684. The van der Waals surface area contributed by atoms with Gasteiger partial charge in [-0.3, -0.25) is 0 Å². The van der Waals surface area contributed by atoms with Crippen LogP contribution in [0.1, 0.15) is 52.9 Å². The first-order valence-corrected chi connectivity index (χ1v) is 5.54. The summed E-state index contributed by atoms with van der Waals surface area (Å²) in [5.74, 6) is 0. The first kappa shape index (κ1) is 12.7. The van der Waals surface area contributed by atoms with Gasteiger partial charge >= 0.3 is 0 Å². The number of hydrogen-bond acceptors (Lipinski definition) is 1. The fraction of sp³-hybridized carbons (Fsp3) is 0.833. The molecule has 0 aliphatic carbocycles. The Hall–Kier alpha value is -0.300. The molecule has 1 heteroatoms. The van der Waals surface area contributed by atoms with Crippen LogP contribution in [0.15, 0.2) is 12.2 Å². The van der Waals surface area contributed by atoms with Gasteiger partial charge in [0.2, 0.25) is 0 Å². The normalized spacial score (nSPS) is 13.8. The molecule has 0 aromatic rings. The van der Waals surface area contributed by atoms with E-state index in [0.717, 1.165) is 6.61 Å². The van der Waals surface area contributed by atoms with E-state index in [0.29, 0.717) is 6.10 Å². The molecule has 0 radical (unpaired) electrons. The molecular formula is C12H24O. The van der Waals surface area contributed by atoms with Crippen LogP contribution in [0.4, 0.5) is 0 Å². The van der Waals surface area contributed by atoms with Gasteiger partial charge in [-0.2, -0.15) is 0 Å². The molecule has 0 amide bonds. The second-order valence-corrected chi connectivity index (χ2v) is 3.47. The molecule has 0 N–H and O–H groups in total. The van der Waals surface area contributed by atoms with Gasteiger partial charge in [-0.15, -0.1) is 0 Å². The summed E-state index contributed by atoms with van der Waals surface area (Å²) in [5, 5.41) is 0. The number of hydrogen-bond donors (Lipinski definition) is 0. The van der Waals surface area contributed by atoms with Crippen LogP contribution in [-0.4, -0.2) is 12.7 Å². The molecule has 0 aliphatic heterocycles. The molecule has 0 rings (SSSR count). The summed E-state index contributed by atoms with van der Waals surface area (Å²) in [5.41, 5.74) is 0. The minimum Gasteiger partial charge on any atom is -0.379 e. The molecule has 78 valence electrons. The van der Waals surface area contributed by atoms with Crippen molar-refractivity contribution in [2.45, 2.75) is 59.0 Å². The van der Waals surface area contributed by atoms with E-state index in [-0.39, 0.29) is 0 Å².